The molecule has 23 heavy (non-hydrogen) atoms. The van der Waals surface area contributed by atoms with Gasteiger partial charge in [-0.3, -0.25) is 4.79 Å². The van der Waals surface area contributed by atoms with Crippen molar-refractivity contribution in [2.24, 2.45) is 0 Å². The van der Waals surface area contributed by atoms with Gasteiger partial charge in [0.25, 0.3) is 0 Å². The van der Waals surface area contributed by atoms with Gasteiger partial charge in [-0.15, -0.1) is 0 Å². The van der Waals surface area contributed by atoms with Crippen molar-refractivity contribution >= 4 is 5.91 Å². The molecule has 0 aliphatic heterocycles. The standard InChI is InChI=1S/C19H23NO3/c1-14(16-7-5-4-6-8-16)13-20-19(21)12-15-9-10-17(22-2)18(11-15)23-3/h4-11,14H,12-13H2,1-3H3,(H,20,21)/t14-/m0/s1. The number of carbonyl (C=O) groups excluding carboxylic acids is 1. The highest BCUT2D eigenvalue weighted by molar-refractivity contribution is 5.78. The minimum atomic E-state index is 0.000000945. The molecule has 2 aromatic carbocycles. The molecule has 1 atom stereocenters. The van der Waals surface area contributed by atoms with Crippen LogP contribution < -0.4 is 14.8 Å². The highest BCUT2D eigenvalue weighted by Gasteiger charge is 2.10. The van der Waals surface area contributed by atoms with Crippen LogP contribution in [-0.2, 0) is 11.2 Å². The zero-order chi connectivity index (χ0) is 16.7. The van der Waals surface area contributed by atoms with Gasteiger partial charge in [0.2, 0.25) is 5.91 Å². The number of nitrogens with one attached hydrogen (secondary N) is 1. The molecular formula is C19H23NO3. The Hall–Kier alpha value is -2.49. The number of carbonyl (C=O) groups is 1. The van der Waals surface area contributed by atoms with E-state index in [9.17, 15) is 4.79 Å². The Morgan fingerprint density at radius 2 is 1.74 bits per heavy atom. The molecule has 2 rings (SSSR count). The fraction of sp³-hybridized carbons (Fsp3) is 0.316. The van der Waals surface area contributed by atoms with E-state index in [1.807, 2.05) is 36.4 Å². The summed E-state index contributed by atoms with van der Waals surface area (Å²) in [7, 11) is 3.18. The summed E-state index contributed by atoms with van der Waals surface area (Å²) in [6.07, 6.45) is 0.321. The van der Waals surface area contributed by atoms with Crippen LogP contribution in [0.3, 0.4) is 0 Å². The number of amides is 1. The maximum absolute atomic E-state index is 12.1. The topological polar surface area (TPSA) is 47.6 Å². The van der Waals surface area contributed by atoms with E-state index in [4.69, 9.17) is 9.47 Å². The second kappa shape index (κ2) is 8.22. The number of rotatable bonds is 7. The van der Waals surface area contributed by atoms with Crippen LogP contribution in [0.4, 0.5) is 0 Å². The quantitative estimate of drug-likeness (QED) is 0.854. The summed E-state index contributed by atoms with van der Waals surface area (Å²) in [5, 5.41) is 2.98. The molecule has 0 spiro atoms. The molecule has 0 aliphatic carbocycles. The molecule has 0 saturated carbocycles. The summed E-state index contributed by atoms with van der Waals surface area (Å²) < 4.78 is 10.5. The lowest BCUT2D eigenvalue weighted by Gasteiger charge is -2.13. The van der Waals surface area contributed by atoms with Crippen LogP contribution in [0.2, 0.25) is 0 Å². The van der Waals surface area contributed by atoms with Gasteiger partial charge in [0.15, 0.2) is 11.5 Å². The maximum Gasteiger partial charge on any atom is 0.224 e. The van der Waals surface area contributed by atoms with E-state index in [1.54, 1.807) is 14.2 Å². The van der Waals surface area contributed by atoms with Gasteiger partial charge >= 0.3 is 0 Å². The zero-order valence-corrected chi connectivity index (χ0v) is 13.8. The fourth-order valence-electron chi connectivity index (χ4n) is 2.40. The number of ether oxygens (including phenoxy) is 2. The van der Waals surface area contributed by atoms with Crippen LogP contribution in [-0.4, -0.2) is 26.7 Å². The van der Waals surface area contributed by atoms with Crippen molar-refractivity contribution in [3.8, 4) is 11.5 Å². The van der Waals surface area contributed by atoms with Gasteiger partial charge in [0.05, 0.1) is 20.6 Å². The number of hydrogen-bond acceptors (Lipinski definition) is 3. The Bertz CT molecular complexity index is 640. The number of benzene rings is 2. The molecule has 0 unspecified atom stereocenters. The van der Waals surface area contributed by atoms with Crippen LogP contribution in [0.15, 0.2) is 48.5 Å². The van der Waals surface area contributed by atoms with E-state index in [0.717, 1.165) is 5.56 Å². The molecule has 0 saturated heterocycles. The lowest BCUT2D eigenvalue weighted by Crippen LogP contribution is -2.28. The first-order valence-electron chi connectivity index (χ1n) is 7.66. The monoisotopic (exact) mass is 313 g/mol. The lowest BCUT2D eigenvalue weighted by atomic mass is 10.0. The van der Waals surface area contributed by atoms with Gasteiger partial charge in [-0.05, 0) is 29.2 Å². The Kier molecular flexibility index (Phi) is 6.03. The van der Waals surface area contributed by atoms with Crippen molar-refractivity contribution in [1.29, 1.82) is 0 Å². The molecule has 0 heterocycles. The summed E-state index contributed by atoms with van der Waals surface area (Å²) in [5.74, 6) is 1.58. The van der Waals surface area contributed by atoms with Crippen LogP contribution in [0.5, 0.6) is 11.5 Å². The summed E-state index contributed by atoms with van der Waals surface area (Å²) in [6, 6.07) is 15.7. The molecule has 1 amide bonds. The van der Waals surface area contributed by atoms with Crippen molar-refractivity contribution in [1.82, 2.24) is 5.32 Å². The molecule has 2 aromatic rings. The minimum Gasteiger partial charge on any atom is -0.493 e. The summed E-state index contributed by atoms with van der Waals surface area (Å²) in [5.41, 5.74) is 2.12. The van der Waals surface area contributed by atoms with Crippen molar-refractivity contribution in [3.63, 3.8) is 0 Å². The minimum absolute atomic E-state index is 0.000000945. The van der Waals surface area contributed by atoms with E-state index >= 15 is 0 Å². The van der Waals surface area contributed by atoms with Gasteiger partial charge in [0.1, 0.15) is 0 Å². The van der Waals surface area contributed by atoms with Gasteiger partial charge < -0.3 is 14.8 Å². The smallest absolute Gasteiger partial charge is 0.224 e. The van der Waals surface area contributed by atoms with Crippen molar-refractivity contribution in [3.05, 3.63) is 59.7 Å². The SMILES string of the molecule is COc1ccc(CC(=O)NC[C@H](C)c2ccccc2)cc1OC. The molecule has 1 N–H and O–H groups in total. The summed E-state index contributed by atoms with van der Waals surface area (Å²) in [6.45, 7) is 2.72. The molecule has 0 aromatic heterocycles. The number of methoxy groups -OCH3 is 2. The van der Waals surface area contributed by atoms with E-state index < -0.39 is 0 Å². The average molecular weight is 313 g/mol. The maximum atomic E-state index is 12.1. The first kappa shape index (κ1) is 16.9. The normalized spacial score (nSPS) is 11.6. The summed E-state index contributed by atoms with van der Waals surface area (Å²) >= 11 is 0. The van der Waals surface area contributed by atoms with Crippen molar-refractivity contribution < 1.29 is 14.3 Å². The third-order valence-electron chi connectivity index (χ3n) is 3.79. The second-order valence-electron chi connectivity index (χ2n) is 5.48. The molecular weight excluding hydrogens is 290 g/mol. The van der Waals surface area contributed by atoms with Crippen LogP contribution in [0.25, 0.3) is 0 Å². The highest BCUT2D eigenvalue weighted by atomic mass is 16.5. The molecule has 4 heteroatoms. The van der Waals surface area contributed by atoms with Gasteiger partial charge in [-0.25, -0.2) is 0 Å². The predicted molar refractivity (Wildman–Crippen MR) is 91.1 cm³/mol. The van der Waals surface area contributed by atoms with Gasteiger partial charge in [0, 0.05) is 6.54 Å². The van der Waals surface area contributed by atoms with E-state index in [1.165, 1.54) is 5.56 Å². The van der Waals surface area contributed by atoms with Crippen molar-refractivity contribution in [2.75, 3.05) is 20.8 Å². The van der Waals surface area contributed by atoms with Gasteiger partial charge in [-0.2, -0.15) is 0 Å². The van der Waals surface area contributed by atoms with Crippen LogP contribution in [0, 0.1) is 0 Å². The largest absolute Gasteiger partial charge is 0.493 e. The van der Waals surface area contributed by atoms with Gasteiger partial charge in [-0.1, -0.05) is 43.3 Å². The zero-order valence-electron chi connectivity index (χ0n) is 13.8. The van der Waals surface area contributed by atoms with Crippen LogP contribution in [0.1, 0.15) is 24.0 Å². The first-order valence-corrected chi connectivity index (χ1v) is 7.66. The Labute approximate surface area is 137 Å². The third kappa shape index (κ3) is 4.74. The third-order valence-corrected chi connectivity index (χ3v) is 3.79. The fourth-order valence-corrected chi connectivity index (χ4v) is 2.40. The molecule has 122 valence electrons. The summed E-state index contributed by atoms with van der Waals surface area (Å²) in [4.78, 5) is 12.1. The van der Waals surface area contributed by atoms with E-state index in [0.29, 0.717) is 24.5 Å². The molecule has 0 fully saturated rings. The Morgan fingerprint density at radius 3 is 2.39 bits per heavy atom. The Balaban J connectivity index is 1.90. The second-order valence-corrected chi connectivity index (χ2v) is 5.48. The lowest BCUT2D eigenvalue weighted by molar-refractivity contribution is -0.120. The molecule has 0 bridgehead atoms. The van der Waals surface area contributed by atoms with E-state index in [-0.39, 0.29) is 11.8 Å². The van der Waals surface area contributed by atoms with Crippen molar-refractivity contribution in [2.45, 2.75) is 19.3 Å². The molecule has 4 nitrogen and oxygen atoms in total. The predicted octanol–water partition coefficient (Wildman–Crippen LogP) is 3.17. The highest BCUT2D eigenvalue weighted by Crippen LogP contribution is 2.27. The Morgan fingerprint density at radius 1 is 1.04 bits per heavy atom. The first-order chi connectivity index (χ1) is 11.1. The average Bonchev–Trinajstić information content (AvgIpc) is 2.60. The van der Waals surface area contributed by atoms with Crippen LogP contribution >= 0.6 is 0 Å². The molecule has 0 aliphatic rings. The van der Waals surface area contributed by atoms with E-state index in [2.05, 4.69) is 24.4 Å². The number of hydrogen-bond donors (Lipinski definition) is 1. The molecule has 0 radical (unpaired) electrons.